The van der Waals surface area contributed by atoms with Crippen molar-refractivity contribution >= 4 is 21.4 Å². The Labute approximate surface area is 128 Å². The topological polar surface area (TPSA) is 82.8 Å². The lowest BCUT2D eigenvalue weighted by Gasteiger charge is -2.12. The van der Waals surface area contributed by atoms with Gasteiger partial charge in [-0.15, -0.1) is 11.3 Å². The zero-order valence-corrected chi connectivity index (χ0v) is 13.3. The average molecular weight is 321 g/mol. The molecule has 1 heterocycles. The molecule has 0 amide bonds. The van der Waals surface area contributed by atoms with Crippen molar-refractivity contribution < 1.29 is 8.42 Å². The summed E-state index contributed by atoms with van der Waals surface area (Å²) in [5.41, 5.74) is 0.130. The summed E-state index contributed by atoms with van der Waals surface area (Å²) in [6, 6.07) is 7.60. The van der Waals surface area contributed by atoms with Crippen LogP contribution in [0, 0.1) is 11.3 Å². The number of nitrogens with zero attached hydrogens (tertiary/aromatic N) is 2. The molecule has 1 unspecified atom stereocenters. The van der Waals surface area contributed by atoms with Gasteiger partial charge in [-0.1, -0.05) is 19.1 Å². The molecular weight excluding hydrogens is 306 g/mol. The molecule has 0 spiro atoms. The van der Waals surface area contributed by atoms with Gasteiger partial charge < -0.3 is 0 Å². The fraction of sp³-hybridized carbons (Fsp3) is 0.286. The van der Waals surface area contributed by atoms with Crippen LogP contribution in [0.25, 0.3) is 0 Å². The number of hydrogen-bond donors (Lipinski definition) is 1. The van der Waals surface area contributed by atoms with Crippen molar-refractivity contribution in [2.75, 3.05) is 0 Å². The Balaban J connectivity index is 2.27. The predicted molar refractivity (Wildman–Crippen MR) is 81.4 cm³/mol. The van der Waals surface area contributed by atoms with Crippen molar-refractivity contribution in [2.45, 2.75) is 31.2 Å². The fourth-order valence-corrected chi connectivity index (χ4v) is 4.13. The van der Waals surface area contributed by atoms with Gasteiger partial charge in [0.2, 0.25) is 10.0 Å². The summed E-state index contributed by atoms with van der Waals surface area (Å²) in [5, 5.41) is 9.73. The molecule has 1 aromatic carbocycles. The number of rotatable bonds is 5. The fourth-order valence-electron chi connectivity index (χ4n) is 1.83. The minimum atomic E-state index is -3.75. The Morgan fingerprint density at radius 2 is 2.14 bits per heavy atom. The van der Waals surface area contributed by atoms with Crippen molar-refractivity contribution in [2.24, 2.45) is 0 Å². The largest absolute Gasteiger partial charge is 0.248 e. The van der Waals surface area contributed by atoms with E-state index in [1.165, 1.54) is 23.5 Å². The van der Waals surface area contributed by atoms with E-state index in [1.54, 1.807) is 25.3 Å². The number of nitrogens with one attached hydrogen (secondary N) is 1. The molecule has 1 atom stereocenters. The minimum absolute atomic E-state index is 0.00776. The quantitative estimate of drug-likeness (QED) is 0.917. The van der Waals surface area contributed by atoms with Crippen molar-refractivity contribution in [1.82, 2.24) is 9.71 Å². The van der Waals surface area contributed by atoms with Crippen LogP contribution in [0.2, 0.25) is 0 Å². The first-order chi connectivity index (χ1) is 9.97. The summed E-state index contributed by atoms with van der Waals surface area (Å²) >= 11 is 1.48. The van der Waals surface area contributed by atoms with Gasteiger partial charge in [0.1, 0.15) is 11.1 Å². The molecule has 0 aliphatic heterocycles. The van der Waals surface area contributed by atoms with E-state index in [4.69, 9.17) is 5.26 Å². The van der Waals surface area contributed by atoms with Crippen LogP contribution in [0.1, 0.15) is 35.3 Å². The number of thiazole rings is 1. The normalized spacial score (nSPS) is 12.8. The second-order valence-corrected chi connectivity index (χ2v) is 7.30. The van der Waals surface area contributed by atoms with Gasteiger partial charge in [-0.05, 0) is 25.5 Å². The summed E-state index contributed by atoms with van der Waals surface area (Å²) in [5.74, 6) is 0. The minimum Gasteiger partial charge on any atom is -0.248 e. The highest BCUT2D eigenvalue weighted by Crippen LogP contribution is 2.23. The molecule has 0 saturated heterocycles. The van der Waals surface area contributed by atoms with E-state index in [0.717, 1.165) is 11.3 Å². The van der Waals surface area contributed by atoms with Crippen LogP contribution in [-0.2, 0) is 16.4 Å². The SMILES string of the molecule is CCc1cnc(C(C)NS(=O)(=O)c2ccccc2C#N)s1. The van der Waals surface area contributed by atoms with E-state index in [9.17, 15) is 8.42 Å². The zero-order valence-electron chi connectivity index (χ0n) is 11.7. The van der Waals surface area contributed by atoms with Gasteiger partial charge in [-0.25, -0.2) is 18.1 Å². The number of sulfonamides is 1. The molecule has 1 N–H and O–H groups in total. The van der Waals surface area contributed by atoms with Gasteiger partial charge in [0.15, 0.2) is 0 Å². The Morgan fingerprint density at radius 3 is 2.76 bits per heavy atom. The highest BCUT2D eigenvalue weighted by molar-refractivity contribution is 7.89. The molecule has 110 valence electrons. The molecule has 0 radical (unpaired) electrons. The van der Waals surface area contributed by atoms with E-state index in [2.05, 4.69) is 9.71 Å². The van der Waals surface area contributed by atoms with Gasteiger partial charge in [0, 0.05) is 11.1 Å². The molecular formula is C14H15N3O2S2. The first kappa shape index (κ1) is 15.6. The predicted octanol–water partition coefficient (Wildman–Crippen LogP) is 2.62. The molecule has 0 saturated carbocycles. The van der Waals surface area contributed by atoms with Crippen LogP contribution in [0.15, 0.2) is 35.4 Å². The van der Waals surface area contributed by atoms with Crippen molar-refractivity contribution in [3.05, 3.63) is 45.9 Å². The highest BCUT2D eigenvalue weighted by atomic mass is 32.2. The lowest BCUT2D eigenvalue weighted by Crippen LogP contribution is -2.27. The molecule has 0 aliphatic carbocycles. The number of aromatic nitrogens is 1. The van der Waals surface area contributed by atoms with Gasteiger partial charge in [0.05, 0.1) is 16.5 Å². The Morgan fingerprint density at radius 1 is 1.43 bits per heavy atom. The van der Waals surface area contributed by atoms with Gasteiger partial charge in [0.25, 0.3) is 0 Å². The molecule has 7 heteroatoms. The van der Waals surface area contributed by atoms with Crippen molar-refractivity contribution in [3.63, 3.8) is 0 Å². The molecule has 0 bridgehead atoms. The summed E-state index contributed by atoms with van der Waals surface area (Å²) in [6.07, 6.45) is 2.63. The van der Waals surface area contributed by atoms with Crippen molar-refractivity contribution in [3.8, 4) is 6.07 Å². The smallest absolute Gasteiger partial charge is 0.242 e. The maximum Gasteiger partial charge on any atom is 0.242 e. The Bertz CT molecular complexity index is 776. The Kier molecular flexibility index (Phi) is 4.73. The van der Waals surface area contributed by atoms with Crippen LogP contribution in [0.3, 0.4) is 0 Å². The summed E-state index contributed by atoms with van der Waals surface area (Å²) < 4.78 is 27.3. The maximum absolute atomic E-state index is 12.4. The molecule has 0 fully saturated rings. The molecule has 21 heavy (non-hydrogen) atoms. The average Bonchev–Trinajstić information content (AvgIpc) is 2.96. The highest BCUT2D eigenvalue weighted by Gasteiger charge is 2.22. The lowest BCUT2D eigenvalue weighted by molar-refractivity contribution is 0.566. The van der Waals surface area contributed by atoms with Crippen LogP contribution >= 0.6 is 11.3 Å². The number of aryl methyl sites for hydroxylation is 1. The third-order valence-corrected chi connectivity index (χ3v) is 5.84. The molecule has 0 aliphatic rings. The summed E-state index contributed by atoms with van der Waals surface area (Å²) in [4.78, 5) is 5.33. The van der Waals surface area contributed by atoms with Crippen LogP contribution in [0.5, 0.6) is 0 Å². The Hall–Kier alpha value is -1.75. The third-order valence-electron chi connectivity index (χ3n) is 2.92. The molecule has 2 rings (SSSR count). The third kappa shape index (κ3) is 3.47. The van der Waals surface area contributed by atoms with Crippen LogP contribution < -0.4 is 4.72 Å². The zero-order chi connectivity index (χ0) is 15.5. The maximum atomic E-state index is 12.4. The second kappa shape index (κ2) is 6.35. The number of benzene rings is 1. The van der Waals surface area contributed by atoms with E-state index >= 15 is 0 Å². The molecule has 2 aromatic rings. The molecule has 5 nitrogen and oxygen atoms in total. The van der Waals surface area contributed by atoms with Crippen LogP contribution in [-0.4, -0.2) is 13.4 Å². The van der Waals surface area contributed by atoms with Crippen molar-refractivity contribution in [1.29, 1.82) is 5.26 Å². The van der Waals surface area contributed by atoms with Gasteiger partial charge in [-0.3, -0.25) is 0 Å². The van der Waals surface area contributed by atoms with E-state index < -0.39 is 16.1 Å². The standard InChI is InChI=1S/C14H15N3O2S2/c1-3-12-9-16-14(20-12)10(2)17-21(18,19)13-7-5-4-6-11(13)8-15/h4-7,9-10,17H,3H2,1-2H3. The van der Waals surface area contributed by atoms with Gasteiger partial charge >= 0.3 is 0 Å². The second-order valence-electron chi connectivity index (χ2n) is 4.47. The first-order valence-electron chi connectivity index (χ1n) is 6.44. The number of hydrogen-bond acceptors (Lipinski definition) is 5. The van der Waals surface area contributed by atoms with E-state index in [-0.39, 0.29) is 10.5 Å². The van der Waals surface area contributed by atoms with E-state index in [0.29, 0.717) is 5.01 Å². The van der Waals surface area contributed by atoms with E-state index in [1.807, 2.05) is 13.0 Å². The van der Waals surface area contributed by atoms with Gasteiger partial charge in [-0.2, -0.15) is 5.26 Å². The molecule has 1 aromatic heterocycles. The first-order valence-corrected chi connectivity index (χ1v) is 8.74. The monoisotopic (exact) mass is 321 g/mol. The van der Waals surface area contributed by atoms with Crippen LogP contribution in [0.4, 0.5) is 0 Å². The lowest BCUT2D eigenvalue weighted by atomic mass is 10.2. The summed E-state index contributed by atoms with van der Waals surface area (Å²) in [7, 11) is -3.75. The number of nitriles is 1. The summed E-state index contributed by atoms with van der Waals surface area (Å²) in [6.45, 7) is 3.76.